The molecular formula is C16H15NO. The van der Waals surface area contributed by atoms with Crippen molar-refractivity contribution in [2.24, 2.45) is 0 Å². The van der Waals surface area contributed by atoms with Crippen molar-refractivity contribution in [1.29, 1.82) is 0 Å². The predicted molar refractivity (Wildman–Crippen MR) is 72.5 cm³/mol. The lowest BCUT2D eigenvalue weighted by molar-refractivity contribution is 0.0946. The van der Waals surface area contributed by atoms with Gasteiger partial charge in [-0.3, -0.25) is 4.79 Å². The van der Waals surface area contributed by atoms with Crippen LogP contribution in [0.3, 0.4) is 0 Å². The maximum atomic E-state index is 12.6. The maximum absolute atomic E-state index is 12.6. The fraction of sp³-hybridized carbons (Fsp3) is 0.188. The third-order valence-corrected chi connectivity index (χ3v) is 3.68. The van der Waals surface area contributed by atoms with E-state index in [0.29, 0.717) is 5.69 Å². The van der Waals surface area contributed by atoms with Gasteiger partial charge in [0.25, 0.3) is 0 Å². The number of hydrogen-bond acceptors (Lipinski definition) is 2. The summed E-state index contributed by atoms with van der Waals surface area (Å²) in [5.74, 6) is 0.216. The van der Waals surface area contributed by atoms with Crippen molar-refractivity contribution in [2.45, 2.75) is 18.3 Å². The molecule has 0 unspecified atom stereocenters. The third kappa shape index (κ3) is 1.70. The van der Waals surface area contributed by atoms with Crippen LogP contribution in [0.5, 0.6) is 0 Å². The van der Waals surface area contributed by atoms with Crippen molar-refractivity contribution in [2.75, 3.05) is 5.73 Å². The van der Waals surface area contributed by atoms with E-state index in [1.807, 2.05) is 42.5 Å². The summed E-state index contributed by atoms with van der Waals surface area (Å²) in [6, 6.07) is 17.3. The maximum Gasteiger partial charge on any atom is 0.173 e. The van der Waals surface area contributed by atoms with Gasteiger partial charge in [-0.1, -0.05) is 30.3 Å². The van der Waals surface area contributed by atoms with Crippen LogP contribution in [-0.2, 0) is 5.41 Å². The summed E-state index contributed by atoms with van der Waals surface area (Å²) in [5, 5.41) is 0. The van der Waals surface area contributed by atoms with Crippen molar-refractivity contribution in [3.8, 4) is 0 Å². The molecule has 1 aliphatic rings. The molecule has 2 N–H and O–H groups in total. The van der Waals surface area contributed by atoms with Crippen LogP contribution in [0.25, 0.3) is 0 Å². The van der Waals surface area contributed by atoms with Crippen LogP contribution in [0.2, 0.25) is 0 Å². The number of benzene rings is 2. The summed E-state index contributed by atoms with van der Waals surface area (Å²) >= 11 is 0. The molecule has 2 heteroatoms. The van der Waals surface area contributed by atoms with Crippen LogP contribution in [0.4, 0.5) is 5.69 Å². The fourth-order valence-electron chi connectivity index (χ4n) is 2.44. The van der Waals surface area contributed by atoms with E-state index in [2.05, 4.69) is 0 Å². The van der Waals surface area contributed by atoms with Crippen molar-refractivity contribution < 1.29 is 4.79 Å². The van der Waals surface area contributed by atoms with E-state index in [9.17, 15) is 4.79 Å². The molecule has 90 valence electrons. The number of nitrogens with two attached hydrogens (primary N) is 1. The molecule has 3 rings (SSSR count). The summed E-state index contributed by atoms with van der Waals surface area (Å²) in [6.07, 6.45) is 1.89. The van der Waals surface area contributed by atoms with Crippen LogP contribution in [0.15, 0.2) is 54.6 Å². The highest BCUT2D eigenvalue weighted by atomic mass is 16.1. The normalized spacial score (nSPS) is 16.2. The topological polar surface area (TPSA) is 43.1 Å². The monoisotopic (exact) mass is 237 g/mol. The first-order valence-corrected chi connectivity index (χ1v) is 6.18. The molecule has 0 bridgehead atoms. The average molecular weight is 237 g/mol. The van der Waals surface area contributed by atoms with E-state index in [0.717, 1.165) is 24.0 Å². The van der Waals surface area contributed by atoms with E-state index in [4.69, 9.17) is 5.73 Å². The standard InChI is InChI=1S/C16H15NO/c17-14-8-6-12(7-9-14)15(18)16(10-11-16)13-4-2-1-3-5-13/h1-9H,10-11,17H2. The van der Waals surface area contributed by atoms with Gasteiger partial charge >= 0.3 is 0 Å². The van der Waals surface area contributed by atoms with Crippen molar-refractivity contribution in [3.63, 3.8) is 0 Å². The molecule has 2 aromatic carbocycles. The quantitative estimate of drug-likeness (QED) is 0.658. The molecule has 0 amide bonds. The molecule has 2 aromatic rings. The van der Waals surface area contributed by atoms with Crippen LogP contribution in [0, 0.1) is 0 Å². The molecule has 0 aliphatic heterocycles. The van der Waals surface area contributed by atoms with Crippen LogP contribution in [-0.4, -0.2) is 5.78 Å². The first-order valence-electron chi connectivity index (χ1n) is 6.18. The molecule has 1 fully saturated rings. The molecule has 1 aliphatic carbocycles. The van der Waals surface area contributed by atoms with Gasteiger partial charge in [0.15, 0.2) is 5.78 Å². The molecule has 0 spiro atoms. The summed E-state index contributed by atoms with van der Waals surface area (Å²) in [7, 11) is 0. The Hall–Kier alpha value is -2.09. The zero-order chi connectivity index (χ0) is 12.6. The Morgan fingerprint density at radius 2 is 1.56 bits per heavy atom. The first kappa shape index (κ1) is 11.0. The number of Topliss-reactive ketones (excluding diaryl/α,β-unsaturated/α-hetero) is 1. The molecule has 18 heavy (non-hydrogen) atoms. The van der Waals surface area contributed by atoms with Crippen LogP contribution < -0.4 is 5.73 Å². The van der Waals surface area contributed by atoms with E-state index in [1.54, 1.807) is 12.1 Å². The van der Waals surface area contributed by atoms with Crippen molar-refractivity contribution in [1.82, 2.24) is 0 Å². The second kappa shape index (κ2) is 3.98. The molecule has 2 nitrogen and oxygen atoms in total. The highest BCUT2D eigenvalue weighted by Crippen LogP contribution is 2.50. The molecule has 0 saturated heterocycles. The zero-order valence-corrected chi connectivity index (χ0v) is 10.1. The molecule has 0 heterocycles. The smallest absolute Gasteiger partial charge is 0.173 e. The highest BCUT2D eigenvalue weighted by molar-refractivity contribution is 6.06. The Bertz CT molecular complexity index is 568. The number of carbonyl (C=O) groups excluding carboxylic acids is 1. The van der Waals surface area contributed by atoms with E-state index >= 15 is 0 Å². The predicted octanol–water partition coefficient (Wildman–Crippen LogP) is 3.18. The van der Waals surface area contributed by atoms with Gasteiger partial charge in [-0.05, 0) is 42.7 Å². The second-order valence-corrected chi connectivity index (χ2v) is 4.90. The van der Waals surface area contributed by atoms with Crippen LogP contribution in [0.1, 0.15) is 28.8 Å². The number of hydrogen-bond donors (Lipinski definition) is 1. The molecule has 0 radical (unpaired) electrons. The molecule has 0 atom stereocenters. The lowest BCUT2D eigenvalue weighted by atomic mass is 9.87. The number of anilines is 1. The number of ketones is 1. The van der Waals surface area contributed by atoms with Gasteiger partial charge in [0.2, 0.25) is 0 Å². The van der Waals surface area contributed by atoms with Gasteiger partial charge < -0.3 is 5.73 Å². The highest BCUT2D eigenvalue weighted by Gasteiger charge is 2.50. The number of carbonyl (C=O) groups is 1. The Balaban J connectivity index is 1.96. The van der Waals surface area contributed by atoms with E-state index in [1.165, 1.54) is 0 Å². The van der Waals surface area contributed by atoms with Gasteiger partial charge in [0, 0.05) is 11.3 Å². The first-order chi connectivity index (χ1) is 8.72. The minimum atomic E-state index is -0.280. The van der Waals surface area contributed by atoms with Crippen molar-refractivity contribution in [3.05, 3.63) is 65.7 Å². The number of nitrogen functional groups attached to an aromatic ring is 1. The van der Waals surface area contributed by atoms with Gasteiger partial charge in [0.1, 0.15) is 0 Å². The van der Waals surface area contributed by atoms with Gasteiger partial charge in [0.05, 0.1) is 5.41 Å². The minimum absolute atomic E-state index is 0.216. The summed E-state index contributed by atoms with van der Waals surface area (Å²) < 4.78 is 0. The molecule has 0 aromatic heterocycles. The van der Waals surface area contributed by atoms with Crippen LogP contribution >= 0.6 is 0 Å². The Morgan fingerprint density at radius 1 is 0.944 bits per heavy atom. The lowest BCUT2D eigenvalue weighted by Gasteiger charge is -2.14. The summed E-state index contributed by atoms with van der Waals surface area (Å²) in [6.45, 7) is 0. The number of rotatable bonds is 3. The second-order valence-electron chi connectivity index (χ2n) is 4.90. The minimum Gasteiger partial charge on any atom is -0.399 e. The Kier molecular flexibility index (Phi) is 2.44. The lowest BCUT2D eigenvalue weighted by Crippen LogP contribution is -2.20. The van der Waals surface area contributed by atoms with Gasteiger partial charge in [-0.2, -0.15) is 0 Å². The largest absolute Gasteiger partial charge is 0.399 e. The molecule has 1 saturated carbocycles. The van der Waals surface area contributed by atoms with E-state index in [-0.39, 0.29) is 11.2 Å². The Labute approximate surface area is 106 Å². The summed E-state index contributed by atoms with van der Waals surface area (Å²) in [4.78, 5) is 12.6. The fourth-order valence-corrected chi connectivity index (χ4v) is 2.44. The van der Waals surface area contributed by atoms with Crippen molar-refractivity contribution >= 4 is 11.5 Å². The summed E-state index contributed by atoms with van der Waals surface area (Å²) in [5.41, 5.74) is 7.95. The zero-order valence-electron chi connectivity index (χ0n) is 10.1. The van der Waals surface area contributed by atoms with Gasteiger partial charge in [-0.25, -0.2) is 0 Å². The third-order valence-electron chi connectivity index (χ3n) is 3.68. The average Bonchev–Trinajstić information content (AvgIpc) is 3.21. The van der Waals surface area contributed by atoms with E-state index < -0.39 is 0 Å². The Morgan fingerprint density at radius 3 is 2.11 bits per heavy atom. The SMILES string of the molecule is Nc1ccc(C(=O)C2(c3ccccc3)CC2)cc1. The molecular weight excluding hydrogens is 222 g/mol. The van der Waals surface area contributed by atoms with Gasteiger partial charge in [-0.15, -0.1) is 0 Å².